The average molecular weight is 227 g/mol. The average Bonchev–Trinajstić information content (AvgIpc) is 2.08. The van der Waals surface area contributed by atoms with Crippen LogP contribution in [-0.4, -0.2) is 24.2 Å². The maximum atomic E-state index is 11.9. The van der Waals surface area contributed by atoms with Gasteiger partial charge in [-0.2, -0.15) is 0 Å². The molecule has 0 aliphatic rings. The molecule has 0 saturated carbocycles. The van der Waals surface area contributed by atoms with Crippen LogP contribution in [0.5, 0.6) is 0 Å². The van der Waals surface area contributed by atoms with Crippen molar-refractivity contribution in [3.63, 3.8) is 0 Å². The van der Waals surface area contributed by atoms with Crippen molar-refractivity contribution in [2.45, 2.75) is 59.1 Å². The van der Waals surface area contributed by atoms with Gasteiger partial charge in [0, 0.05) is 18.6 Å². The molecule has 1 amide bonds. The standard InChI is InChI=1S/C13H25NO2/c1-7-8-16-11(9-10(2)3)12(15)14-13(4,5)6/h11H,2,7-9H2,1,3-6H3,(H,14,15). The first-order valence-corrected chi connectivity index (χ1v) is 5.84. The van der Waals surface area contributed by atoms with Crippen molar-refractivity contribution in [2.24, 2.45) is 0 Å². The van der Waals surface area contributed by atoms with E-state index in [4.69, 9.17) is 4.74 Å². The molecule has 0 heterocycles. The van der Waals surface area contributed by atoms with E-state index in [9.17, 15) is 4.79 Å². The third-order valence-electron chi connectivity index (χ3n) is 1.85. The van der Waals surface area contributed by atoms with Crippen LogP contribution in [0.1, 0.15) is 47.5 Å². The first-order chi connectivity index (χ1) is 7.26. The number of amides is 1. The van der Waals surface area contributed by atoms with Gasteiger partial charge in [-0.3, -0.25) is 4.79 Å². The third-order valence-corrected chi connectivity index (χ3v) is 1.85. The van der Waals surface area contributed by atoms with E-state index in [1.165, 1.54) is 0 Å². The largest absolute Gasteiger partial charge is 0.368 e. The van der Waals surface area contributed by atoms with Crippen molar-refractivity contribution in [3.05, 3.63) is 12.2 Å². The second kappa shape index (κ2) is 6.69. The van der Waals surface area contributed by atoms with Gasteiger partial charge in [-0.1, -0.05) is 12.5 Å². The fourth-order valence-electron chi connectivity index (χ4n) is 1.25. The summed E-state index contributed by atoms with van der Waals surface area (Å²) in [6, 6.07) is 0. The van der Waals surface area contributed by atoms with E-state index in [0.717, 1.165) is 12.0 Å². The summed E-state index contributed by atoms with van der Waals surface area (Å²) < 4.78 is 5.54. The van der Waals surface area contributed by atoms with Gasteiger partial charge in [0.2, 0.25) is 5.91 Å². The van der Waals surface area contributed by atoms with Gasteiger partial charge in [0.25, 0.3) is 0 Å². The number of carbonyl (C=O) groups excluding carboxylic acids is 1. The van der Waals surface area contributed by atoms with Gasteiger partial charge in [0.05, 0.1) is 0 Å². The van der Waals surface area contributed by atoms with Gasteiger partial charge < -0.3 is 10.1 Å². The second-order valence-corrected chi connectivity index (χ2v) is 5.26. The Kier molecular flexibility index (Phi) is 6.34. The molecule has 16 heavy (non-hydrogen) atoms. The number of carbonyl (C=O) groups is 1. The molecule has 3 nitrogen and oxygen atoms in total. The number of nitrogens with one attached hydrogen (secondary N) is 1. The number of hydrogen-bond donors (Lipinski definition) is 1. The molecule has 0 saturated heterocycles. The molecule has 0 aromatic heterocycles. The normalized spacial score (nSPS) is 13.3. The lowest BCUT2D eigenvalue weighted by Gasteiger charge is -2.25. The van der Waals surface area contributed by atoms with E-state index in [2.05, 4.69) is 11.9 Å². The van der Waals surface area contributed by atoms with E-state index in [0.29, 0.717) is 13.0 Å². The monoisotopic (exact) mass is 227 g/mol. The van der Waals surface area contributed by atoms with Crippen molar-refractivity contribution in [3.8, 4) is 0 Å². The first-order valence-electron chi connectivity index (χ1n) is 5.84. The molecular formula is C13H25NO2. The zero-order valence-corrected chi connectivity index (χ0v) is 11.2. The van der Waals surface area contributed by atoms with Crippen LogP contribution in [0.15, 0.2) is 12.2 Å². The topological polar surface area (TPSA) is 38.3 Å². The number of hydrogen-bond acceptors (Lipinski definition) is 2. The molecule has 94 valence electrons. The molecule has 0 bridgehead atoms. The van der Waals surface area contributed by atoms with E-state index in [1.54, 1.807) is 0 Å². The van der Waals surface area contributed by atoms with Gasteiger partial charge in [0.1, 0.15) is 6.10 Å². The number of ether oxygens (including phenoxy) is 1. The van der Waals surface area contributed by atoms with Gasteiger partial charge in [-0.05, 0) is 34.1 Å². The van der Waals surface area contributed by atoms with E-state index < -0.39 is 6.10 Å². The molecule has 0 aromatic rings. The molecule has 0 fully saturated rings. The van der Waals surface area contributed by atoms with Crippen LogP contribution in [0.4, 0.5) is 0 Å². The molecule has 0 aliphatic carbocycles. The molecule has 3 heteroatoms. The third kappa shape index (κ3) is 7.46. The Balaban J connectivity index is 4.37. The zero-order chi connectivity index (χ0) is 12.8. The van der Waals surface area contributed by atoms with Crippen molar-refractivity contribution < 1.29 is 9.53 Å². The van der Waals surface area contributed by atoms with Crippen LogP contribution in [0.2, 0.25) is 0 Å². The van der Waals surface area contributed by atoms with Gasteiger partial charge in [-0.25, -0.2) is 0 Å². The predicted octanol–water partition coefficient (Wildman–Crippen LogP) is 2.66. The molecular weight excluding hydrogens is 202 g/mol. The van der Waals surface area contributed by atoms with Crippen molar-refractivity contribution in [1.82, 2.24) is 5.32 Å². The molecule has 1 N–H and O–H groups in total. The maximum Gasteiger partial charge on any atom is 0.249 e. The first kappa shape index (κ1) is 15.2. The van der Waals surface area contributed by atoms with Crippen LogP contribution in [0.3, 0.4) is 0 Å². The van der Waals surface area contributed by atoms with Gasteiger partial charge >= 0.3 is 0 Å². The van der Waals surface area contributed by atoms with Crippen LogP contribution >= 0.6 is 0 Å². The highest BCUT2D eigenvalue weighted by Crippen LogP contribution is 2.09. The highest BCUT2D eigenvalue weighted by Gasteiger charge is 2.23. The lowest BCUT2D eigenvalue weighted by atomic mass is 10.1. The summed E-state index contributed by atoms with van der Waals surface area (Å²) in [5, 5.41) is 2.93. The highest BCUT2D eigenvalue weighted by molar-refractivity contribution is 5.81. The number of rotatable bonds is 6. The molecule has 0 radical (unpaired) electrons. The Morgan fingerprint density at radius 3 is 2.38 bits per heavy atom. The van der Waals surface area contributed by atoms with Crippen molar-refractivity contribution in [2.75, 3.05) is 6.61 Å². The van der Waals surface area contributed by atoms with E-state index in [1.807, 2.05) is 34.6 Å². The van der Waals surface area contributed by atoms with Gasteiger partial charge in [-0.15, -0.1) is 6.58 Å². The van der Waals surface area contributed by atoms with Crippen molar-refractivity contribution >= 4 is 5.91 Å². The summed E-state index contributed by atoms with van der Waals surface area (Å²) >= 11 is 0. The zero-order valence-electron chi connectivity index (χ0n) is 11.2. The molecule has 1 atom stereocenters. The Hall–Kier alpha value is -0.830. The Morgan fingerprint density at radius 2 is 2.00 bits per heavy atom. The summed E-state index contributed by atoms with van der Waals surface area (Å²) in [5.74, 6) is -0.0519. The minimum Gasteiger partial charge on any atom is -0.368 e. The Labute approximate surface area is 99.3 Å². The van der Waals surface area contributed by atoms with Crippen LogP contribution in [0.25, 0.3) is 0 Å². The minimum absolute atomic E-state index is 0.0519. The fraction of sp³-hybridized carbons (Fsp3) is 0.769. The molecule has 0 rings (SSSR count). The minimum atomic E-state index is -0.406. The summed E-state index contributed by atoms with van der Waals surface area (Å²) in [6.45, 7) is 14.2. The SMILES string of the molecule is C=C(C)CC(OCCC)C(=O)NC(C)(C)C. The second-order valence-electron chi connectivity index (χ2n) is 5.26. The summed E-state index contributed by atoms with van der Waals surface area (Å²) in [4.78, 5) is 11.9. The van der Waals surface area contributed by atoms with Crippen LogP contribution in [-0.2, 0) is 9.53 Å². The van der Waals surface area contributed by atoms with E-state index in [-0.39, 0.29) is 11.4 Å². The maximum absolute atomic E-state index is 11.9. The molecule has 0 aromatic carbocycles. The van der Waals surface area contributed by atoms with Gasteiger partial charge in [0.15, 0.2) is 0 Å². The van der Waals surface area contributed by atoms with Crippen LogP contribution in [0, 0.1) is 0 Å². The summed E-state index contributed by atoms with van der Waals surface area (Å²) in [6.07, 6.45) is 1.09. The summed E-state index contributed by atoms with van der Waals surface area (Å²) in [7, 11) is 0. The highest BCUT2D eigenvalue weighted by atomic mass is 16.5. The fourth-order valence-corrected chi connectivity index (χ4v) is 1.25. The van der Waals surface area contributed by atoms with Crippen LogP contribution < -0.4 is 5.32 Å². The van der Waals surface area contributed by atoms with Crippen molar-refractivity contribution in [1.29, 1.82) is 0 Å². The molecule has 1 unspecified atom stereocenters. The van der Waals surface area contributed by atoms with E-state index >= 15 is 0 Å². The smallest absolute Gasteiger partial charge is 0.249 e. The quantitative estimate of drug-likeness (QED) is 0.708. The summed E-state index contributed by atoms with van der Waals surface area (Å²) in [5.41, 5.74) is 0.741. The Morgan fingerprint density at radius 1 is 1.44 bits per heavy atom. The molecule has 0 aliphatic heterocycles. The Bertz CT molecular complexity index is 241. The molecule has 0 spiro atoms. The lowest BCUT2D eigenvalue weighted by Crippen LogP contribution is -2.46. The predicted molar refractivity (Wildman–Crippen MR) is 67.4 cm³/mol. The lowest BCUT2D eigenvalue weighted by molar-refractivity contribution is -0.134.